The number of esters is 1. The van der Waals surface area contributed by atoms with Gasteiger partial charge in [-0.2, -0.15) is 13.2 Å². The molecule has 2 aliphatic rings. The SMILES string of the molecule is CC1(C)C(C=C(Cl)CC(F)(F)F)C1C(=O)OCc1cccc2c1CCc1ccccc1-2. The fraction of sp³-hybridized carbons (Fsp3) is 0.400. The molecular formula is C25H24ClF3O2. The van der Waals surface area contributed by atoms with Gasteiger partial charge in [-0.1, -0.05) is 74.0 Å². The van der Waals surface area contributed by atoms with Gasteiger partial charge >= 0.3 is 12.1 Å². The Kier molecular flexibility index (Phi) is 5.67. The standard InChI is InChI=1S/C25H24ClF3O2/c1-24(2)21(12-17(26)13-25(27,28)29)22(24)23(30)31-14-16-7-5-9-20-18-8-4-3-6-15(18)10-11-19(16)20/h3-9,12,21-22H,10-11,13-14H2,1-2H3. The van der Waals surface area contributed by atoms with Gasteiger partial charge in [-0.15, -0.1) is 0 Å². The van der Waals surface area contributed by atoms with Gasteiger partial charge in [-0.05, 0) is 52.0 Å². The maximum atomic E-state index is 12.7. The van der Waals surface area contributed by atoms with Gasteiger partial charge in [0, 0.05) is 5.03 Å². The average molecular weight is 449 g/mol. The van der Waals surface area contributed by atoms with Crippen LogP contribution < -0.4 is 0 Å². The minimum Gasteiger partial charge on any atom is -0.461 e. The monoisotopic (exact) mass is 448 g/mol. The van der Waals surface area contributed by atoms with Crippen molar-refractivity contribution in [1.82, 2.24) is 0 Å². The van der Waals surface area contributed by atoms with Crippen LogP contribution in [0.3, 0.4) is 0 Å². The van der Waals surface area contributed by atoms with Gasteiger partial charge in [0.1, 0.15) is 6.61 Å². The summed E-state index contributed by atoms with van der Waals surface area (Å²) in [5.74, 6) is -1.24. The maximum Gasteiger partial charge on any atom is 0.393 e. The van der Waals surface area contributed by atoms with Crippen LogP contribution in [0.15, 0.2) is 53.6 Å². The van der Waals surface area contributed by atoms with Crippen molar-refractivity contribution in [1.29, 1.82) is 0 Å². The quantitative estimate of drug-likeness (QED) is 0.468. The number of halogens is 4. The number of hydrogen-bond donors (Lipinski definition) is 0. The van der Waals surface area contributed by atoms with Crippen molar-refractivity contribution < 1.29 is 22.7 Å². The Bertz CT molecular complexity index is 1040. The summed E-state index contributed by atoms with van der Waals surface area (Å²) in [4.78, 5) is 12.7. The summed E-state index contributed by atoms with van der Waals surface area (Å²) in [6.07, 6.45) is -2.36. The summed E-state index contributed by atoms with van der Waals surface area (Å²) >= 11 is 5.78. The first-order valence-electron chi connectivity index (χ1n) is 10.4. The van der Waals surface area contributed by atoms with Gasteiger partial charge in [-0.3, -0.25) is 4.79 Å². The summed E-state index contributed by atoms with van der Waals surface area (Å²) in [5, 5.41) is -0.281. The van der Waals surface area contributed by atoms with E-state index in [-0.39, 0.29) is 17.6 Å². The molecule has 0 saturated heterocycles. The van der Waals surface area contributed by atoms with Gasteiger partial charge in [0.05, 0.1) is 12.3 Å². The number of allylic oxidation sites excluding steroid dienone is 2. The molecule has 0 aromatic heterocycles. The van der Waals surface area contributed by atoms with Crippen LogP contribution in [0.25, 0.3) is 11.1 Å². The molecule has 1 fully saturated rings. The van der Waals surface area contributed by atoms with Crippen LogP contribution in [0, 0.1) is 17.3 Å². The largest absolute Gasteiger partial charge is 0.461 e. The molecule has 2 aromatic carbocycles. The van der Waals surface area contributed by atoms with E-state index in [1.165, 1.54) is 28.3 Å². The number of carbonyl (C=O) groups excluding carboxylic acids is 1. The Labute approximate surface area is 185 Å². The Morgan fingerprint density at radius 3 is 2.58 bits per heavy atom. The maximum absolute atomic E-state index is 12.7. The molecule has 0 bridgehead atoms. The Balaban J connectivity index is 1.45. The molecule has 2 aliphatic carbocycles. The highest BCUT2D eigenvalue weighted by atomic mass is 35.5. The summed E-state index contributed by atoms with van der Waals surface area (Å²) < 4.78 is 43.3. The zero-order chi connectivity index (χ0) is 22.4. The van der Waals surface area contributed by atoms with Crippen molar-refractivity contribution >= 4 is 17.6 Å². The third-order valence-corrected chi connectivity index (χ3v) is 6.75. The van der Waals surface area contributed by atoms with E-state index in [0.717, 1.165) is 18.4 Å². The lowest BCUT2D eigenvalue weighted by atomic mass is 9.83. The second-order valence-electron chi connectivity index (χ2n) is 8.94. The van der Waals surface area contributed by atoms with Gasteiger partial charge < -0.3 is 4.74 Å². The van der Waals surface area contributed by atoms with E-state index in [1.54, 1.807) is 0 Å². The molecule has 1 saturated carbocycles. The van der Waals surface area contributed by atoms with E-state index in [1.807, 2.05) is 38.1 Å². The molecule has 2 aromatic rings. The molecule has 6 heteroatoms. The minimum atomic E-state index is -4.37. The molecule has 164 valence electrons. The predicted molar refractivity (Wildman–Crippen MR) is 114 cm³/mol. The van der Waals surface area contributed by atoms with Crippen LogP contribution >= 0.6 is 11.6 Å². The van der Waals surface area contributed by atoms with Crippen LogP contribution in [0.2, 0.25) is 0 Å². The van der Waals surface area contributed by atoms with E-state index in [9.17, 15) is 18.0 Å². The van der Waals surface area contributed by atoms with Crippen molar-refractivity contribution in [2.75, 3.05) is 0 Å². The van der Waals surface area contributed by atoms with Crippen LogP contribution in [0.1, 0.15) is 37.0 Å². The molecule has 0 spiro atoms. The number of fused-ring (bicyclic) bond motifs is 3. The van der Waals surface area contributed by atoms with Gasteiger partial charge in [0.25, 0.3) is 0 Å². The third-order valence-electron chi connectivity index (χ3n) is 6.49. The van der Waals surface area contributed by atoms with Crippen LogP contribution in [-0.4, -0.2) is 12.1 Å². The first kappa shape index (κ1) is 21.9. The molecule has 2 atom stereocenters. The summed E-state index contributed by atoms with van der Waals surface area (Å²) in [5.41, 5.74) is 5.38. The van der Waals surface area contributed by atoms with Crippen molar-refractivity contribution in [3.63, 3.8) is 0 Å². The fourth-order valence-corrected chi connectivity index (χ4v) is 4.99. The molecule has 31 heavy (non-hydrogen) atoms. The van der Waals surface area contributed by atoms with Crippen molar-refractivity contribution in [3.8, 4) is 11.1 Å². The Hall–Kier alpha value is -2.27. The van der Waals surface area contributed by atoms with E-state index in [0.29, 0.717) is 0 Å². The lowest BCUT2D eigenvalue weighted by Crippen LogP contribution is -2.13. The summed E-state index contributed by atoms with van der Waals surface area (Å²) in [6, 6.07) is 14.3. The molecule has 2 unspecified atom stereocenters. The predicted octanol–water partition coefficient (Wildman–Crippen LogP) is 6.84. The van der Waals surface area contributed by atoms with Crippen LogP contribution in [0.5, 0.6) is 0 Å². The summed E-state index contributed by atoms with van der Waals surface area (Å²) in [7, 11) is 0. The van der Waals surface area contributed by atoms with E-state index >= 15 is 0 Å². The second kappa shape index (κ2) is 8.01. The van der Waals surface area contributed by atoms with Crippen molar-refractivity contribution in [3.05, 3.63) is 70.3 Å². The van der Waals surface area contributed by atoms with E-state index < -0.39 is 29.9 Å². The van der Waals surface area contributed by atoms with Crippen molar-refractivity contribution in [2.45, 2.75) is 45.9 Å². The van der Waals surface area contributed by atoms with E-state index in [4.69, 9.17) is 16.3 Å². The molecule has 2 nitrogen and oxygen atoms in total. The number of hydrogen-bond acceptors (Lipinski definition) is 2. The van der Waals surface area contributed by atoms with Gasteiger partial charge in [0.15, 0.2) is 0 Å². The number of aryl methyl sites for hydroxylation is 1. The Morgan fingerprint density at radius 1 is 1.13 bits per heavy atom. The smallest absolute Gasteiger partial charge is 0.393 e. The second-order valence-corrected chi connectivity index (χ2v) is 9.42. The first-order chi connectivity index (χ1) is 14.6. The molecule has 0 N–H and O–H groups in total. The minimum absolute atomic E-state index is 0.156. The zero-order valence-electron chi connectivity index (χ0n) is 17.4. The molecule has 4 rings (SSSR count). The highest BCUT2D eigenvalue weighted by molar-refractivity contribution is 6.29. The van der Waals surface area contributed by atoms with Crippen LogP contribution in [0.4, 0.5) is 13.2 Å². The Morgan fingerprint density at radius 2 is 1.84 bits per heavy atom. The molecule has 0 aliphatic heterocycles. The third kappa shape index (κ3) is 4.52. The number of carbonyl (C=O) groups is 1. The summed E-state index contributed by atoms with van der Waals surface area (Å²) in [6.45, 7) is 3.85. The molecule has 0 heterocycles. The number of benzene rings is 2. The highest BCUT2D eigenvalue weighted by Crippen LogP contribution is 2.60. The van der Waals surface area contributed by atoms with Gasteiger partial charge in [-0.25, -0.2) is 0 Å². The topological polar surface area (TPSA) is 26.3 Å². The van der Waals surface area contributed by atoms with Crippen molar-refractivity contribution in [2.24, 2.45) is 17.3 Å². The van der Waals surface area contributed by atoms with Crippen LogP contribution in [-0.2, 0) is 29.0 Å². The number of alkyl halides is 3. The first-order valence-corrected chi connectivity index (χ1v) is 10.7. The van der Waals surface area contributed by atoms with E-state index in [2.05, 4.69) is 18.2 Å². The fourth-order valence-electron chi connectivity index (χ4n) is 4.70. The number of ether oxygens (including phenoxy) is 1. The van der Waals surface area contributed by atoms with Gasteiger partial charge in [0.2, 0.25) is 0 Å². The lowest BCUT2D eigenvalue weighted by Gasteiger charge is -2.22. The highest BCUT2D eigenvalue weighted by Gasteiger charge is 2.61. The normalized spacial score (nSPS) is 21.8. The molecule has 0 radical (unpaired) electrons. The molecular weight excluding hydrogens is 425 g/mol. The molecule has 0 amide bonds. The number of rotatable bonds is 5. The average Bonchev–Trinajstić information content (AvgIpc) is 3.23. The lowest BCUT2D eigenvalue weighted by molar-refractivity contribution is -0.147. The zero-order valence-corrected chi connectivity index (χ0v) is 18.2.